The van der Waals surface area contributed by atoms with Crippen molar-refractivity contribution in [2.24, 2.45) is 0 Å². The lowest BCUT2D eigenvalue weighted by Crippen LogP contribution is -2.61. The SMILES string of the molecule is CCCCCCCC/C=C\CCCCCCCCCCCC(=O)OC1C(OCC(COC(=O)CCCCCCCCCCCCC)OC(=O)CCCCCCCCCCC)OC(C(=O)O)C(O)C1O. The zero-order valence-electron chi connectivity index (χ0n) is 44.3. The molecule has 1 saturated heterocycles. The largest absolute Gasteiger partial charge is 0.479 e. The molecule has 1 aliphatic heterocycles. The van der Waals surface area contributed by atoms with E-state index in [4.69, 9.17) is 23.7 Å². The molecule has 12 heteroatoms. The molecule has 1 rings (SSSR count). The Bertz CT molecular complexity index is 1260. The highest BCUT2D eigenvalue weighted by Gasteiger charge is 2.50. The van der Waals surface area contributed by atoms with E-state index in [2.05, 4.69) is 32.9 Å². The molecule has 0 saturated carbocycles. The standard InChI is InChI=1S/C57H104O12/c1-4-7-10-13-16-19-21-22-23-24-25-26-27-28-30-33-36-39-42-45-51(60)68-55-53(62)52(61)54(56(63)64)69-57(55)66-47-48(67-50(59)44-41-38-35-31-18-15-12-9-6-3)46-65-49(58)43-40-37-34-32-29-20-17-14-11-8-5-2/h22-23,48,52-55,57,61-62H,4-21,24-47H2,1-3H3,(H,63,64)/b23-22-. The number of aliphatic hydroxyl groups excluding tert-OH is 2. The second-order valence-corrected chi connectivity index (χ2v) is 19.9. The molecule has 0 radical (unpaired) electrons. The molecule has 6 unspecified atom stereocenters. The monoisotopic (exact) mass is 981 g/mol. The number of carbonyl (C=O) groups is 4. The van der Waals surface area contributed by atoms with Crippen LogP contribution in [-0.4, -0.2) is 89.2 Å². The van der Waals surface area contributed by atoms with Crippen molar-refractivity contribution in [3.8, 4) is 0 Å². The van der Waals surface area contributed by atoms with E-state index in [9.17, 15) is 34.5 Å². The summed E-state index contributed by atoms with van der Waals surface area (Å²) in [4.78, 5) is 50.8. The highest BCUT2D eigenvalue weighted by molar-refractivity contribution is 5.74. The van der Waals surface area contributed by atoms with Crippen molar-refractivity contribution < 1.29 is 58.2 Å². The van der Waals surface area contributed by atoms with Gasteiger partial charge in [-0.15, -0.1) is 0 Å². The maximum absolute atomic E-state index is 13.0. The number of allylic oxidation sites excluding steroid dienone is 2. The molecular weight excluding hydrogens is 877 g/mol. The molecular formula is C57H104O12. The Hall–Kier alpha value is -2.54. The van der Waals surface area contributed by atoms with Gasteiger partial charge in [-0.3, -0.25) is 14.4 Å². The van der Waals surface area contributed by atoms with Crippen LogP contribution in [0, 0.1) is 0 Å². The zero-order valence-corrected chi connectivity index (χ0v) is 44.3. The number of unbranched alkanes of at least 4 members (excludes halogenated alkanes) is 33. The molecule has 69 heavy (non-hydrogen) atoms. The van der Waals surface area contributed by atoms with Gasteiger partial charge in [-0.05, 0) is 44.9 Å². The molecule has 0 aliphatic carbocycles. The van der Waals surface area contributed by atoms with Crippen molar-refractivity contribution in [2.45, 2.75) is 314 Å². The molecule has 0 bridgehead atoms. The topological polar surface area (TPSA) is 175 Å². The van der Waals surface area contributed by atoms with Gasteiger partial charge >= 0.3 is 23.9 Å². The molecule has 1 aliphatic rings. The molecule has 404 valence electrons. The van der Waals surface area contributed by atoms with Crippen LogP contribution < -0.4 is 0 Å². The molecule has 0 aromatic carbocycles. The lowest BCUT2D eigenvalue weighted by molar-refractivity contribution is -0.301. The molecule has 6 atom stereocenters. The fourth-order valence-corrected chi connectivity index (χ4v) is 8.89. The van der Waals surface area contributed by atoms with E-state index in [1.807, 2.05) is 0 Å². The molecule has 0 aromatic rings. The minimum absolute atomic E-state index is 0.0644. The van der Waals surface area contributed by atoms with Gasteiger partial charge < -0.3 is 39.0 Å². The zero-order chi connectivity index (χ0) is 50.4. The smallest absolute Gasteiger partial charge is 0.335 e. The summed E-state index contributed by atoms with van der Waals surface area (Å²) in [5.74, 6) is -3.09. The van der Waals surface area contributed by atoms with Gasteiger partial charge in [-0.25, -0.2) is 4.79 Å². The molecule has 12 nitrogen and oxygen atoms in total. The van der Waals surface area contributed by atoms with Crippen LogP contribution in [0.15, 0.2) is 12.2 Å². The number of rotatable bonds is 49. The molecule has 1 heterocycles. The minimum atomic E-state index is -1.90. The first-order valence-electron chi connectivity index (χ1n) is 28.7. The Labute approximate surface area is 420 Å². The van der Waals surface area contributed by atoms with Crippen molar-refractivity contribution in [2.75, 3.05) is 13.2 Å². The molecule has 1 fully saturated rings. The van der Waals surface area contributed by atoms with Gasteiger partial charge in [0, 0.05) is 19.3 Å². The van der Waals surface area contributed by atoms with E-state index in [0.29, 0.717) is 19.3 Å². The molecule has 3 N–H and O–H groups in total. The Balaban J connectivity index is 2.62. The summed E-state index contributed by atoms with van der Waals surface area (Å²) in [5, 5.41) is 31.4. The van der Waals surface area contributed by atoms with Gasteiger partial charge in [0.1, 0.15) is 18.8 Å². The van der Waals surface area contributed by atoms with E-state index in [0.717, 1.165) is 70.6 Å². The number of carboxylic acid groups (broad SMARTS) is 1. The predicted octanol–water partition coefficient (Wildman–Crippen LogP) is 14.1. The lowest BCUT2D eigenvalue weighted by atomic mass is 9.98. The van der Waals surface area contributed by atoms with Crippen LogP contribution >= 0.6 is 0 Å². The van der Waals surface area contributed by atoms with Crippen LogP contribution in [0.3, 0.4) is 0 Å². The van der Waals surface area contributed by atoms with Crippen molar-refractivity contribution in [1.82, 2.24) is 0 Å². The maximum Gasteiger partial charge on any atom is 0.335 e. The number of hydrogen-bond acceptors (Lipinski definition) is 11. The van der Waals surface area contributed by atoms with E-state index < -0.39 is 67.3 Å². The Kier molecular flexibility index (Phi) is 43.5. The first-order chi connectivity index (χ1) is 33.6. The first-order valence-corrected chi connectivity index (χ1v) is 28.7. The lowest BCUT2D eigenvalue weighted by Gasteiger charge is -2.40. The van der Waals surface area contributed by atoms with E-state index in [-0.39, 0.29) is 25.9 Å². The van der Waals surface area contributed by atoms with Crippen LogP contribution in [0.5, 0.6) is 0 Å². The van der Waals surface area contributed by atoms with Crippen molar-refractivity contribution in [3.63, 3.8) is 0 Å². The number of esters is 3. The number of aliphatic carboxylic acids is 1. The van der Waals surface area contributed by atoms with Crippen LogP contribution in [0.25, 0.3) is 0 Å². The van der Waals surface area contributed by atoms with E-state index in [1.165, 1.54) is 148 Å². The Morgan fingerprint density at radius 3 is 1.23 bits per heavy atom. The number of aliphatic hydroxyl groups is 2. The number of hydrogen-bond donors (Lipinski definition) is 3. The Morgan fingerprint density at radius 2 is 0.826 bits per heavy atom. The summed E-state index contributed by atoms with van der Waals surface area (Å²) in [6.45, 7) is 5.97. The third-order valence-corrected chi connectivity index (χ3v) is 13.3. The van der Waals surface area contributed by atoms with E-state index >= 15 is 0 Å². The number of carboxylic acids is 1. The van der Waals surface area contributed by atoms with Crippen LogP contribution in [0.4, 0.5) is 0 Å². The second-order valence-electron chi connectivity index (χ2n) is 19.9. The van der Waals surface area contributed by atoms with Gasteiger partial charge in [0.05, 0.1) is 6.61 Å². The van der Waals surface area contributed by atoms with Crippen molar-refractivity contribution >= 4 is 23.9 Å². The van der Waals surface area contributed by atoms with Gasteiger partial charge in [0.15, 0.2) is 24.6 Å². The summed E-state index contributed by atoms with van der Waals surface area (Å²) in [7, 11) is 0. The highest BCUT2D eigenvalue weighted by atomic mass is 16.7. The Morgan fingerprint density at radius 1 is 0.464 bits per heavy atom. The fourth-order valence-electron chi connectivity index (χ4n) is 8.89. The average Bonchev–Trinajstić information content (AvgIpc) is 3.33. The quantitative estimate of drug-likeness (QED) is 0.0228. The summed E-state index contributed by atoms with van der Waals surface area (Å²) >= 11 is 0. The summed E-state index contributed by atoms with van der Waals surface area (Å²) in [6, 6.07) is 0. The summed E-state index contributed by atoms with van der Waals surface area (Å²) in [6.07, 6.45) is 37.7. The summed E-state index contributed by atoms with van der Waals surface area (Å²) in [5.41, 5.74) is 0. The molecule has 0 amide bonds. The number of ether oxygens (including phenoxy) is 5. The van der Waals surface area contributed by atoms with Gasteiger partial charge in [0.25, 0.3) is 0 Å². The predicted molar refractivity (Wildman–Crippen MR) is 276 cm³/mol. The maximum atomic E-state index is 13.0. The van der Waals surface area contributed by atoms with Gasteiger partial charge in [-0.1, -0.05) is 226 Å². The third kappa shape index (κ3) is 37.0. The number of carbonyl (C=O) groups excluding carboxylic acids is 3. The van der Waals surface area contributed by atoms with Crippen molar-refractivity contribution in [3.05, 3.63) is 12.2 Å². The minimum Gasteiger partial charge on any atom is -0.479 e. The van der Waals surface area contributed by atoms with Crippen LogP contribution in [0.2, 0.25) is 0 Å². The molecule has 0 aromatic heterocycles. The summed E-state index contributed by atoms with van der Waals surface area (Å²) < 4.78 is 28.3. The van der Waals surface area contributed by atoms with Crippen LogP contribution in [-0.2, 0) is 42.9 Å². The molecule has 0 spiro atoms. The van der Waals surface area contributed by atoms with E-state index in [1.54, 1.807) is 0 Å². The normalized spacial score (nSPS) is 18.7. The average molecular weight is 981 g/mol. The highest BCUT2D eigenvalue weighted by Crippen LogP contribution is 2.26. The van der Waals surface area contributed by atoms with Gasteiger partial charge in [-0.2, -0.15) is 0 Å². The van der Waals surface area contributed by atoms with Crippen molar-refractivity contribution in [1.29, 1.82) is 0 Å². The van der Waals surface area contributed by atoms with Crippen LogP contribution in [0.1, 0.15) is 278 Å². The third-order valence-electron chi connectivity index (χ3n) is 13.3. The second kappa shape index (κ2) is 46.5. The first kappa shape index (κ1) is 64.5. The van der Waals surface area contributed by atoms with Gasteiger partial charge in [0.2, 0.25) is 0 Å². The fraction of sp³-hybridized carbons (Fsp3) is 0.895.